The highest BCUT2D eigenvalue weighted by Gasteiger charge is 2.21. The van der Waals surface area contributed by atoms with Gasteiger partial charge in [0.15, 0.2) is 0 Å². The van der Waals surface area contributed by atoms with E-state index in [1.165, 1.54) is 32.1 Å². The van der Waals surface area contributed by atoms with Crippen LogP contribution in [0.15, 0.2) is 0 Å². The maximum atomic E-state index is 3.75. The summed E-state index contributed by atoms with van der Waals surface area (Å²) in [5.74, 6) is 1.69. The van der Waals surface area contributed by atoms with Gasteiger partial charge in [0.1, 0.15) is 0 Å². The molecule has 0 unspecified atom stereocenters. The lowest BCUT2D eigenvalue weighted by Gasteiger charge is -2.31. The van der Waals surface area contributed by atoms with Crippen molar-refractivity contribution >= 4 is 0 Å². The second kappa shape index (κ2) is 5.75. The molecule has 1 N–H and O–H groups in total. The van der Waals surface area contributed by atoms with Gasteiger partial charge in [0.2, 0.25) is 0 Å². The van der Waals surface area contributed by atoms with Gasteiger partial charge in [0, 0.05) is 12.1 Å². The molecule has 0 aromatic carbocycles. The van der Waals surface area contributed by atoms with Crippen molar-refractivity contribution in [1.82, 2.24) is 5.32 Å². The van der Waals surface area contributed by atoms with Crippen LogP contribution in [0.5, 0.6) is 0 Å². The lowest BCUT2D eigenvalue weighted by molar-refractivity contribution is 0.252. The molecule has 0 heterocycles. The van der Waals surface area contributed by atoms with Gasteiger partial charge < -0.3 is 5.32 Å². The van der Waals surface area contributed by atoms with Gasteiger partial charge in [-0.3, -0.25) is 0 Å². The van der Waals surface area contributed by atoms with Crippen molar-refractivity contribution in [1.29, 1.82) is 0 Å². The summed E-state index contributed by atoms with van der Waals surface area (Å²) in [5.41, 5.74) is 0. The zero-order chi connectivity index (χ0) is 10.6. The van der Waals surface area contributed by atoms with Crippen LogP contribution in [0.4, 0.5) is 0 Å². The van der Waals surface area contributed by atoms with Crippen molar-refractivity contribution in [3.05, 3.63) is 0 Å². The van der Waals surface area contributed by atoms with E-state index in [0.29, 0.717) is 12.1 Å². The molecular weight excluding hydrogens is 170 g/mol. The Hall–Kier alpha value is -0.0400. The van der Waals surface area contributed by atoms with Gasteiger partial charge in [-0.2, -0.15) is 0 Å². The van der Waals surface area contributed by atoms with Crippen molar-refractivity contribution < 1.29 is 0 Å². The van der Waals surface area contributed by atoms with E-state index in [-0.39, 0.29) is 0 Å². The molecule has 0 bridgehead atoms. The van der Waals surface area contributed by atoms with Crippen molar-refractivity contribution in [3.63, 3.8) is 0 Å². The normalized spacial score (nSPS) is 23.8. The third-order valence-electron chi connectivity index (χ3n) is 3.88. The minimum absolute atomic E-state index is 0.659. The summed E-state index contributed by atoms with van der Waals surface area (Å²) in [6.45, 7) is 9.27. The third kappa shape index (κ3) is 3.61. The summed E-state index contributed by atoms with van der Waals surface area (Å²) in [6, 6.07) is 1.37. The minimum atomic E-state index is 0.659. The smallest absolute Gasteiger partial charge is 0.00695 e. The molecule has 1 heteroatoms. The zero-order valence-electron chi connectivity index (χ0n) is 10.3. The average Bonchev–Trinajstić information content (AvgIpc) is 2.19. The van der Waals surface area contributed by atoms with Crippen LogP contribution in [0.25, 0.3) is 0 Å². The van der Waals surface area contributed by atoms with Gasteiger partial charge in [-0.25, -0.2) is 0 Å². The maximum Gasteiger partial charge on any atom is 0.00695 e. The molecule has 0 amide bonds. The molecule has 1 aliphatic rings. The standard InChI is InChI=1S/C13H27N/c1-10(2)11(3)14-12(4)13-8-6-5-7-9-13/h10-14H,5-9H2,1-4H3/t11-,12-/m1/s1. The van der Waals surface area contributed by atoms with Crippen molar-refractivity contribution in [2.45, 2.75) is 71.9 Å². The van der Waals surface area contributed by atoms with Crippen LogP contribution < -0.4 is 5.32 Å². The van der Waals surface area contributed by atoms with Crippen molar-refractivity contribution in [3.8, 4) is 0 Å². The molecule has 0 aromatic heterocycles. The Morgan fingerprint density at radius 3 is 2.00 bits per heavy atom. The molecule has 1 aliphatic carbocycles. The molecule has 1 saturated carbocycles. The fourth-order valence-corrected chi connectivity index (χ4v) is 2.38. The number of nitrogens with one attached hydrogen (secondary N) is 1. The lowest BCUT2D eigenvalue weighted by atomic mass is 9.84. The quantitative estimate of drug-likeness (QED) is 0.726. The average molecular weight is 197 g/mol. The fraction of sp³-hybridized carbons (Fsp3) is 1.00. The Labute approximate surface area is 89.7 Å². The largest absolute Gasteiger partial charge is 0.311 e. The molecule has 1 rings (SSSR count). The number of hydrogen-bond acceptors (Lipinski definition) is 1. The molecule has 2 atom stereocenters. The van der Waals surface area contributed by atoms with Crippen LogP contribution in [0.1, 0.15) is 59.8 Å². The molecule has 14 heavy (non-hydrogen) atoms. The van der Waals surface area contributed by atoms with Gasteiger partial charge >= 0.3 is 0 Å². The van der Waals surface area contributed by atoms with Crippen LogP contribution in [0.2, 0.25) is 0 Å². The van der Waals surface area contributed by atoms with Gasteiger partial charge in [0.05, 0.1) is 0 Å². The van der Waals surface area contributed by atoms with Crippen LogP contribution in [0.3, 0.4) is 0 Å². The maximum absolute atomic E-state index is 3.75. The summed E-state index contributed by atoms with van der Waals surface area (Å²) >= 11 is 0. The lowest BCUT2D eigenvalue weighted by Crippen LogP contribution is -2.42. The molecule has 0 aromatic rings. The van der Waals surface area contributed by atoms with Gasteiger partial charge in [-0.05, 0) is 38.5 Å². The van der Waals surface area contributed by atoms with Gasteiger partial charge in [-0.1, -0.05) is 33.1 Å². The van der Waals surface area contributed by atoms with E-state index < -0.39 is 0 Å². The molecule has 0 aliphatic heterocycles. The van der Waals surface area contributed by atoms with E-state index in [9.17, 15) is 0 Å². The van der Waals surface area contributed by atoms with E-state index in [2.05, 4.69) is 33.0 Å². The van der Waals surface area contributed by atoms with Crippen LogP contribution in [0, 0.1) is 11.8 Å². The summed E-state index contributed by atoms with van der Waals surface area (Å²) in [5, 5.41) is 3.75. The second-order valence-electron chi connectivity index (χ2n) is 5.39. The van der Waals surface area contributed by atoms with E-state index >= 15 is 0 Å². The van der Waals surface area contributed by atoms with E-state index in [1.54, 1.807) is 0 Å². The summed E-state index contributed by atoms with van der Waals surface area (Å²) in [6.07, 6.45) is 7.25. The summed E-state index contributed by atoms with van der Waals surface area (Å²) in [7, 11) is 0. The molecule has 1 nitrogen and oxygen atoms in total. The fourth-order valence-electron chi connectivity index (χ4n) is 2.38. The van der Waals surface area contributed by atoms with Gasteiger partial charge in [0.25, 0.3) is 0 Å². The highest BCUT2D eigenvalue weighted by atomic mass is 14.9. The molecule has 84 valence electrons. The van der Waals surface area contributed by atoms with Crippen molar-refractivity contribution in [2.75, 3.05) is 0 Å². The topological polar surface area (TPSA) is 12.0 Å². The molecular formula is C13H27N. The summed E-state index contributed by atoms with van der Waals surface area (Å²) in [4.78, 5) is 0. The molecule has 0 saturated heterocycles. The highest BCUT2D eigenvalue weighted by Crippen LogP contribution is 2.26. The van der Waals surface area contributed by atoms with E-state index in [1.807, 2.05) is 0 Å². The molecule has 0 radical (unpaired) electrons. The van der Waals surface area contributed by atoms with E-state index in [4.69, 9.17) is 0 Å². The van der Waals surface area contributed by atoms with Crippen molar-refractivity contribution in [2.24, 2.45) is 11.8 Å². The molecule has 1 fully saturated rings. The Morgan fingerprint density at radius 1 is 0.929 bits per heavy atom. The predicted octanol–water partition coefficient (Wildman–Crippen LogP) is 3.59. The van der Waals surface area contributed by atoms with Crippen LogP contribution >= 0.6 is 0 Å². The minimum Gasteiger partial charge on any atom is -0.311 e. The zero-order valence-corrected chi connectivity index (χ0v) is 10.3. The SMILES string of the molecule is CC(C)[C@@H](C)N[C@H](C)C1CCCCC1. The third-order valence-corrected chi connectivity index (χ3v) is 3.88. The number of hydrogen-bond donors (Lipinski definition) is 1. The predicted molar refractivity (Wildman–Crippen MR) is 63.5 cm³/mol. The summed E-state index contributed by atoms with van der Waals surface area (Å²) < 4.78 is 0. The first kappa shape index (κ1) is 12.0. The van der Waals surface area contributed by atoms with Gasteiger partial charge in [-0.15, -0.1) is 0 Å². The monoisotopic (exact) mass is 197 g/mol. The Morgan fingerprint density at radius 2 is 1.50 bits per heavy atom. The van der Waals surface area contributed by atoms with E-state index in [0.717, 1.165) is 11.8 Å². The second-order valence-corrected chi connectivity index (χ2v) is 5.39. The first-order chi connectivity index (χ1) is 6.61. The highest BCUT2D eigenvalue weighted by molar-refractivity contribution is 4.78. The van der Waals surface area contributed by atoms with Crippen LogP contribution in [-0.4, -0.2) is 12.1 Å². The van der Waals surface area contributed by atoms with Crippen LogP contribution in [-0.2, 0) is 0 Å². The Kier molecular flexibility index (Phi) is 4.94. The number of rotatable bonds is 4. The first-order valence-corrected chi connectivity index (χ1v) is 6.37. The Bertz CT molecular complexity index is 147. The molecule has 0 spiro atoms. The first-order valence-electron chi connectivity index (χ1n) is 6.37. The Balaban J connectivity index is 2.28.